The number of hydrogen-bond acceptors (Lipinski definition) is 4. The van der Waals surface area contributed by atoms with E-state index in [-0.39, 0.29) is 16.2 Å². The third kappa shape index (κ3) is 7.63. The van der Waals surface area contributed by atoms with Crippen molar-refractivity contribution >= 4 is 44.6 Å². The van der Waals surface area contributed by atoms with Crippen LogP contribution < -0.4 is 14.5 Å². The second kappa shape index (κ2) is 15.2. The highest BCUT2D eigenvalue weighted by Crippen LogP contribution is 2.48. The van der Waals surface area contributed by atoms with E-state index in [9.17, 15) is 0 Å². The first-order valence-electron chi connectivity index (χ1n) is 22.2. The average molecular weight is 817 g/mol. The van der Waals surface area contributed by atoms with Crippen LogP contribution in [-0.4, -0.2) is 16.2 Å². The predicted molar refractivity (Wildman–Crippen MR) is 263 cm³/mol. The van der Waals surface area contributed by atoms with E-state index in [2.05, 4.69) is 230 Å². The van der Waals surface area contributed by atoms with Crippen LogP contribution in [0.3, 0.4) is 0 Å². The van der Waals surface area contributed by atoms with Gasteiger partial charge in [-0.15, -0.1) is 0 Å². The normalized spacial score (nSPS) is 13.4. The average Bonchev–Trinajstić information content (AvgIpc) is 3.78. The summed E-state index contributed by atoms with van der Waals surface area (Å²) in [7, 11) is 0. The molecule has 0 unspecified atom stereocenters. The second-order valence-corrected chi connectivity index (χ2v) is 20.5. The van der Waals surface area contributed by atoms with Gasteiger partial charge in [-0.25, -0.2) is 4.98 Å². The lowest BCUT2D eigenvalue weighted by Crippen LogP contribution is -2.24. The van der Waals surface area contributed by atoms with Crippen LogP contribution in [0.5, 0.6) is 11.5 Å². The summed E-state index contributed by atoms with van der Waals surface area (Å²) < 4.78 is 9.34. The van der Waals surface area contributed by atoms with Crippen LogP contribution in [0, 0.1) is 0 Å². The molecule has 0 saturated carbocycles. The summed E-state index contributed by atoms with van der Waals surface area (Å²) >= 11 is 0. The van der Waals surface area contributed by atoms with Gasteiger partial charge in [-0.3, -0.25) is 4.57 Å². The number of nitrogens with zero attached hydrogens (tertiary/aromatic N) is 4. The Labute approximate surface area is 368 Å². The first kappa shape index (κ1) is 41.0. The maximum absolute atomic E-state index is 7.06. The number of hydrogen-bond donors (Lipinski definition) is 0. The van der Waals surface area contributed by atoms with Gasteiger partial charge in [0.15, 0.2) is 0 Å². The smallest absolute Gasteiger partial charge is 0.137 e. The molecule has 314 valence electrons. The van der Waals surface area contributed by atoms with E-state index >= 15 is 0 Å². The van der Waals surface area contributed by atoms with Crippen molar-refractivity contribution in [3.8, 4) is 28.4 Å². The van der Waals surface area contributed by atoms with Gasteiger partial charge < -0.3 is 14.5 Å². The number of ether oxygens (including phenoxy) is 1. The second-order valence-electron chi connectivity index (χ2n) is 20.5. The monoisotopic (exact) mass is 816 g/mol. The lowest BCUT2D eigenvalue weighted by Gasteiger charge is -2.26. The van der Waals surface area contributed by atoms with Crippen molar-refractivity contribution in [1.29, 1.82) is 0 Å². The number of para-hydroxylation sites is 1. The summed E-state index contributed by atoms with van der Waals surface area (Å²) in [5.41, 5.74) is 14.4. The zero-order valence-corrected chi connectivity index (χ0v) is 38.3. The van der Waals surface area contributed by atoms with E-state index in [1.165, 1.54) is 50.3 Å². The molecule has 62 heavy (non-hydrogen) atoms. The minimum absolute atomic E-state index is 0.00111. The molecular formula is C57H60N4O. The molecule has 2 aromatic heterocycles. The van der Waals surface area contributed by atoms with Crippen molar-refractivity contribution in [3.63, 3.8) is 0 Å². The molecule has 1 aliphatic heterocycles. The number of anilines is 4. The maximum Gasteiger partial charge on any atom is 0.137 e. The molecule has 0 saturated heterocycles. The summed E-state index contributed by atoms with van der Waals surface area (Å²) in [6.45, 7) is 25.7. The summed E-state index contributed by atoms with van der Waals surface area (Å²) in [5.74, 6) is 2.80. The molecular weight excluding hydrogens is 757 g/mol. The van der Waals surface area contributed by atoms with Crippen molar-refractivity contribution in [2.24, 2.45) is 0 Å². The van der Waals surface area contributed by atoms with Gasteiger partial charge >= 0.3 is 0 Å². The van der Waals surface area contributed by atoms with Crippen molar-refractivity contribution < 1.29 is 4.74 Å². The fourth-order valence-corrected chi connectivity index (χ4v) is 8.93. The standard InChI is InChI=1S/C57H60N4O/c1-37(2)46-19-12-13-20-47(46)38-29-43(60-36-59(42-18-16-17-39(31-42)55(3,4)5)53-32-40(56(6,7)8)23-26-51(53)60)34-45(30-38)62-44-24-25-49-48-21-14-15-22-50(48)61(52(49)35-44)54-33-41(27-28-58-54)57(9,10)11/h12-35,37H,36H2,1-11H3. The molecule has 0 amide bonds. The van der Waals surface area contributed by atoms with Crippen molar-refractivity contribution in [2.75, 3.05) is 16.5 Å². The lowest BCUT2D eigenvalue weighted by atomic mass is 9.86. The van der Waals surface area contributed by atoms with E-state index in [4.69, 9.17) is 9.72 Å². The van der Waals surface area contributed by atoms with Crippen LogP contribution in [-0.2, 0) is 16.2 Å². The molecule has 1 aliphatic rings. The van der Waals surface area contributed by atoms with Gasteiger partial charge in [-0.1, -0.05) is 137 Å². The van der Waals surface area contributed by atoms with Gasteiger partial charge in [0, 0.05) is 40.5 Å². The van der Waals surface area contributed by atoms with E-state index in [0.29, 0.717) is 12.6 Å². The molecule has 0 bridgehead atoms. The highest BCUT2D eigenvalue weighted by Gasteiger charge is 2.31. The van der Waals surface area contributed by atoms with Crippen LogP contribution in [0.25, 0.3) is 38.8 Å². The van der Waals surface area contributed by atoms with Crippen LogP contribution in [0.1, 0.15) is 104 Å². The highest BCUT2D eigenvalue weighted by atomic mass is 16.5. The molecule has 6 aromatic carbocycles. The fraction of sp³-hybridized carbons (Fsp3) is 0.281. The molecule has 8 aromatic rings. The molecule has 0 fully saturated rings. The van der Waals surface area contributed by atoms with Gasteiger partial charge in [0.05, 0.1) is 22.4 Å². The van der Waals surface area contributed by atoms with E-state index in [1.807, 2.05) is 6.20 Å². The Bertz CT molecular complexity index is 2970. The summed E-state index contributed by atoms with van der Waals surface area (Å²) in [4.78, 5) is 9.86. The Balaban J connectivity index is 1.20. The minimum atomic E-state index is -0.0140. The number of benzene rings is 6. The van der Waals surface area contributed by atoms with Crippen LogP contribution in [0.4, 0.5) is 22.7 Å². The van der Waals surface area contributed by atoms with Gasteiger partial charge in [0.2, 0.25) is 0 Å². The largest absolute Gasteiger partial charge is 0.457 e. The number of rotatable bonds is 7. The van der Waals surface area contributed by atoms with Crippen LogP contribution in [0.2, 0.25) is 0 Å². The molecule has 0 aliphatic carbocycles. The number of pyridine rings is 1. The van der Waals surface area contributed by atoms with Gasteiger partial charge in [0.25, 0.3) is 0 Å². The molecule has 0 atom stereocenters. The summed E-state index contributed by atoms with van der Waals surface area (Å²) in [5, 5.41) is 2.35. The zero-order valence-electron chi connectivity index (χ0n) is 38.3. The van der Waals surface area contributed by atoms with E-state index in [1.54, 1.807) is 0 Å². The Morgan fingerprint density at radius 2 is 1.19 bits per heavy atom. The Morgan fingerprint density at radius 3 is 1.95 bits per heavy atom. The Hall–Kier alpha value is -6.33. The molecule has 5 nitrogen and oxygen atoms in total. The Morgan fingerprint density at radius 1 is 0.516 bits per heavy atom. The molecule has 9 rings (SSSR count). The summed E-state index contributed by atoms with van der Waals surface area (Å²) in [6.07, 6.45) is 1.93. The molecule has 3 heterocycles. The fourth-order valence-electron chi connectivity index (χ4n) is 8.93. The van der Waals surface area contributed by atoms with Crippen LogP contribution in [0.15, 0.2) is 146 Å². The lowest BCUT2D eigenvalue weighted by molar-refractivity contribution is 0.483. The molecule has 0 radical (unpaired) electrons. The first-order chi connectivity index (χ1) is 29.4. The third-order valence-corrected chi connectivity index (χ3v) is 12.5. The third-order valence-electron chi connectivity index (χ3n) is 12.5. The van der Waals surface area contributed by atoms with Crippen molar-refractivity contribution in [3.05, 3.63) is 168 Å². The number of fused-ring (bicyclic) bond motifs is 4. The summed E-state index contributed by atoms with van der Waals surface area (Å²) in [6, 6.07) is 51.1. The van der Waals surface area contributed by atoms with Crippen molar-refractivity contribution in [2.45, 2.75) is 98.3 Å². The predicted octanol–water partition coefficient (Wildman–Crippen LogP) is 15.9. The van der Waals surface area contributed by atoms with E-state index < -0.39 is 0 Å². The highest BCUT2D eigenvalue weighted by molar-refractivity contribution is 6.09. The van der Waals surface area contributed by atoms with Gasteiger partial charge in [-0.05, 0) is 122 Å². The first-order valence-corrected chi connectivity index (χ1v) is 22.2. The zero-order chi connectivity index (χ0) is 43.7. The maximum atomic E-state index is 7.06. The molecule has 0 N–H and O–H groups in total. The molecule has 5 heteroatoms. The van der Waals surface area contributed by atoms with Crippen molar-refractivity contribution in [1.82, 2.24) is 9.55 Å². The quantitative estimate of drug-likeness (QED) is 0.160. The van der Waals surface area contributed by atoms with Crippen LogP contribution >= 0.6 is 0 Å². The van der Waals surface area contributed by atoms with E-state index in [0.717, 1.165) is 45.0 Å². The number of aromatic nitrogens is 2. The topological polar surface area (TPSA) is 33.5 Å². The van der Waals surface area contributed by atoms with Gasteiger partial charge in [0.1, 0.15) is 24.0 Å². The van der Waals surface area contributed by atoms with Gasteiger partial charge in [-0.2, -0.15) is 0 Å². The SMILES string of the molecule is CC(C)c1ccccc1-c1cc(Oc2ccc3c4ccccc4n(-c4cc(C(C)(C)C)ccn4)c3c2)cc(N2CN(c3cccc(C(C)(C)C)c3)c3cc(C(C)(C)C)ccc32)c1. The Kier molecular flexibility index (Phi) is 10.1. The molecule has 0 spiro atoms. The minimum Gasteiger partial charge on any atom is -0.457 e.